The van der Waals surface area contributed by atoms with Crippen molar-refractivity contribution < 1.29 is 18.3 Å². The number of imidazole rings is 1. The molecule has 0 aliphatic carbocycles. The first kappa shape index (κ1) is 25.7. The molecule has 0 saturated carbocycles. The van der Waals surface area contributed by atoms with E-state index in [-0.39, 0.29) is 17.9 Å². The molecule has 3 N–H and O–H groups in total. The number of benzene rings is 1. The molecule has 7 rings (SSSR count). The Morgan fingerprint density at radius 2 is 2.00 bits per heavy atom. The van der Waals surface area contributed by atoms with Gasteiger partial charge in [0.15, 0.2) is 22.6 Å². The molecule has 0 spiro atoms. The Morgan fingerprint density at radius 3 is 2.78 bits per heavy atom. The monoisotopic (exact) mass is 562 g/mol. The maximum atomic E-state index is 15.0. The van der Waals surface area contributed by atoms with Gasteiger partial charge in [0.25, 0.3) is 0 Å². The highest BCUT2D eigenvalue weighted by molar-refractivity contribution is 5.87. The van der Waals surface area contributed by atoms with E-state index in [0.717, 1.165) is 45.8 Å². The largest absolute Gasteiger partial charge is 0.491 e. The Kier molecular flexibility index (Phi) is 6.86. The van der Waals surface area contributed by atoms with Gasteiger partial charge < -0.3 is 34.4 Å². The van der Waals surface area contributed by atoms with Crippen LogP contribution in [-0.4, -0.2) is 99.2 Å². The summed E-state index contributed by atoms with van der Waals surface area (Å²) in [5, 5.41) is 7.69. The molecular formula is C27H31FN10O3. The molecule has 14 heteroatoms. The van der Waals surface area contributed by atoms with E-state index in [1.165, 1.54) is 10.6 Å². The lowest BCUT2D eigenvalue weighted by atomic mass is 10.2. The Hall–Kier alpha value is -4.27. The third-order valence-corrected chi connectivity index (χ3v) is 7.54. The number of furan rings is 1. The third-order valence-electron chi connectivity index (χ3n) is 7.54. The number of hydrogen-bond donors (Lipinski definition) is 2. The van der Waals surface area contributed by atoms with Crippen molar-refractivity contribution in [1.29, 1.82) is 0 Å². The minimum atomic E-state index is -0.276. The molecule has 2 aliphatic heterocycles. The average Bonchev–Trinajstić information content (AvgIpc) is 3.76. The zero-order valence-corrected chi connectivity index (χ0v) is 22.4. The van der Waals surface area contributed by atoms with Gasteiger partial charge in [-0.1, -0.05) is 0 Å². The van der Waals surface area contributed by atoms with Gasteiger partial charge in [0.1, 0.15) is 24.3 Å². The molecule has 5 aromatic rings. The van der Waals surface area contributed by atoms with Crippen LogP contribution in [0.25, 0.3) is 28.4 Å². The molecule has 0 radical (unpaired) electrons. The fourth-order valence-corrected chi connectivity index (χ4v) is 5.32. The lowest BCUT2D eigenvalue weighted by Crippen LogP contribution is -2.47. The van der Waals surface area contributed by atoms with E-state index in [9.17, 15) is 4.39 Å². The second-order valence-corrected chi connectivity index (χ2v) is 10.2. The zero-order valence-electron chi connectivity index (χ0n) is 22.4. The topological polar surface area (TPSA) is 137 Å². The number of nitrogens with one attached hydrogen (secondary N) is 1. The van der Waals surface area contributed by atoms with Crippen LogP contribution in [0.1, 0.15) is 0 Å². The van der Waals surface area contributed by atoms with Crippen LogP contribution in [-0.2, 0) is 11.3 Å². The first-order chi connectivity index (χ1) is 20.1. The van der Waals surface area contributed by atoms with Gasteiger partial charge in [0.2, 0.25) is 11.8 Å². The van der Waals surface area contributed by atoms with Crippen molar-refractivity contribution in [3.05, 3.63) is 48.7 Å². The molecule has 2 fully saturated rings. The number of morpholine rings is 1. The van der Waals surface area contributed by atoms with Crippen LogP contribution < -0.4 is 20.7 Å². The van der Waals surface area contributed by atoms with Crippen molar-refractivity contribution in [2.75, 3.05) is 69.7 Å². The fraction of sp³-hybridized carbons (Fsp3) is 0.407. The highest BCUT2D eigenvalue weighted by atomic mass is 19.1. The average molecular weight is 563 g/mol. The van der Waals surface area contributed by atoms with Gasteiger partial charge in [-0.15, -0.1) is 5.10 Å². The summed E-state index contributed by atoms with van der Waals surface area (Å²) in [7, 11) is 0. The molecule has 1 atom stereocenters. The molecule has 1 unspecified atom stereocenters. The van der Waals surface area contributed by atoms with Gasteiger partial charge in [-0.05, 0) is 24.3 Å². The molecule has 214 valence electrons. The van der Waals surface area contributed by atoms with Crippen LogP contribution in [0.3, 0.4) is 0 Å². The Morgan fingerprint density at radius 1 is 1.10 bits per heavy atom. The number of nitrogens with zero attached hydrogens (tertiary/aromatic N) is 8. The van der Waals surface area contributed by atoms with E-state index in [0.29, 0.717) is 59.6 Å². The van der Waals surface area contributed by atoms with Crippen LogP contribution in [0.5, 0.6) is 5.75 Å². The van der Waals surface area contributed by atoms with Crippen LogP contribution in [0.2, 0.25) is 0 Å². The summed E-state index contributed by atoms with van der Waals surface area (Å²) in [5.74, 6) is 1.44. The Balaban J connectivity index is 0.962. The summed E-state index contributed by atoms with van der Waals surface area (Å²) in [6.07, 6.45) is 3.31. The number of anilines is 2. The molecule has 41 heavy (non-hydrogen) atoms. The fourth-order valence-electron chi connectivity index (χ4n) is 5.32. The number of nitrogens with two attached hydrogens (primary N) is 1. The van der Waals surface area contributed by atoms with Crippen molar-refractivity contribution in [2.45, 2.75) is 12.6 Å². The summed E-state index contributed by atoms with van der Waals surface area (Å²) in [4.78, 5) is 18.1. The molecule has 0 amide bonds. The van der Waals surface area contributed by atoms with E-state index >= 15 is 0 Å². The van der Waals surface area contributed by atoms with Gasteiger partial charge in [-0.3, -0.25) is 4.90 Å². The summed E-state index contributed by atoms with van der Waals surface area (Å²) in [6.45, 7) is 7.21. The number of piperazine rings is 1. The Bertz CT molecular complexity index is 1640. The predicted octanol–water partition coefficient (Wildman–Crippen LogP) is 1.64. The molecular weight excluding hydrogens is 531 g/mol. The maximum absolute atomic E-state index is 15.0. The smallest absolute Gasteiger partial charge is 0.225 e. The quantitative estimate of drug-likeness (QED) is 0.286. The first-order valence-corrected chi connectivity index (χ1v) is 13.8. The van der Waals surface area contributed by atoms with Crippen LogP contribution >= 0.6 is 0 Å². The van der Waals surface area contributed by atoms with E-state index in [1.54, 1.807) is 30.8 Å². The third kappa shape index (κ3) is 5.16. The van der Waals surface area contributed by atoms with Crippen molar-refractivity contribution in [3.8, 4) is 17.3 Å². The molecule has 6 heterocycles. The molecule has 2 saturated heterocycles. The van der Waals surface area contributed by atoms with E-state index < -0.39 is 0 Å². The first-order valence-electron chi connectivity index (χ1n) is 13.8. The zero-order chi connectivity index (χ0) is 27.8. The number of aromatic nitrogens is 6. The molecule has 1 aromatic carbocycles. The minimum Gasteiger partial charge on any atom is -0.491 e. The summed E-state index contributed by atoms with van der Waals surface area (Å²) >= 11 is 0. The SMILES string of the molecule is Nc1nc2c(ncn2CCN2CCN(c3ccc(OCC4CNCCO4)cc3F)CC2)c2nc(-c3ccco3)nn12. The summed E-state index contributed by atoms with van der Waals surface area (Å²) in [6, 6.07) is 8.66. The van der Waals surface area contributed by atoms with Crippen molar-refractivity contribution >= 4 is 28.4 Å². The highest BCUT2D eigenvalue weighted by Crippen LogP contribution is 2.26. The number of nitrogen functional groups attached to an aromatic ring is 1. The number of fused-ring (bicyclic) bond motifs is 3. The van der Waals surface area contributed by atoms with Crippen molar-refractivity contribution in [3.63, 3.8) is 0 Å². The number of halogens is 1. The van der Waals surface area contributed by atoms with Crippen LogP contribution in [0.15, 0.2) is 47.3 Å². The second kappa shape index (κ2) is 11.0. The molecule has 4 aromatic heterocycles. The predicted molar refractivity (Wildman–Crippen MR) is 149 cm³/mol. The minimum absolute atomic E-state index is 0.0168. The normalized spacial score (nSPS) is 18.5. The Labute approximate surface area is 234 Å². The van der Waals surface area contributed by atoms with Crippen LogP contribution in [0.4, 0.5) is 16.0 Å². The van der Waals surface area contributed by atoms with Crippen molar-refractivity contribution in [2.24, 2.45) is 0 Å². The van der Waals surface area contributed by atoms with Gasteiger partial charge in [-0.2, -0.15) is 9.50 Å². The summed E-state index contributed by atoms with van der Waals surface area (Å²) < 4.78 is 35.3. The van der Waals surface area contributed by atoms with Gasteiger partial charge in [-0.25, -0.2) is 14.4 Å². The van der Waals surface area contributed by atoms with Crippen molar-refractivity contribution in [1.82, 2.24) is 39.3 Å². The maximum Gasteiger partial charge on any atom is 0.225 e. The molecule has 2 aliphatic rings. The van der Waals surface area contributed by atoms with Gasteiger partial charge >= 0.3 is 0 Å². The number of ether oxygens (including phenoxy) is 2. The number of hydrogen-bond acceptors (Lipinski definition) is 11. The summed E-state index contributed by atoms with van der Waals surface area (Å²) in [5.41, 5.74) is 8.62. The van der Waals surface area contributed by atoms with E-state index in [2.05, 4.69) is 35.2 Å². The van der Waals surface area contributed by atoms with E-state index in [1.807, 2.05) is 10.6 Å². The standard InChI is InChI=1S/C27H31FN10O3/c28-20-14-18(41-16-19-15-30-5-13-39-19)3-4-21(20)36-9-6-35(7-10-36)8-11-37-17-31-23-25(37)33-27(29)38-26(23)32-24(34-38)22-2-1-12-40-22/h1-4,12,14,17,19,30H,5-11,13,15-16H2,(H2,29,33). The highest BCUT2D eigenvalue weighted by Gasteiger charge is 2.22. The van der Waals surface area contributed by atoms with Crippen LogP contribution in [0, 0.1) is 5.82 Å². The number of rotatable bonds is 8. The van der Waals surface area contributed by atoms with E-state index in [4.69, 9.17) is 19.6 Å². The molecule has 0 bridgehead atoms. The lowest BCUT2D eigenvalue weighted by Gasteiger charge is -2.36. The lowest BCUT2D eigenvalue weighted by molar-refractivity contribution is 0.000140. The molecule has 13 nitrogen and oxygen atoms in total. The second-order valence-electron chi connectivity index (χ2n) is 10.2. The van der Waals surface area contributed by atoms with Gasteiger partial charge in [0.05, 0.1) is 24.9 Å². The van der Waals surface area contributed by atoms with Gasteiger partial charge in [0, 0.05) is 58.4 Å².